The first-order valence-electron chi connectivity index (χ1n) is 9.43. The number of benzene rings is 2. The minimum absolute atomic E-state index is 0.202. The molecule has 2 nitrogen and oxygen atoms in total. The van der Waals surface area contributed by atoms with Gasteiger partial charge in [-0.05, 0) is 54.2 Å². The van der Waals surface area contributed by atoms with Crippen LogP contribution in [0, 0.1) is 6.92 Å². The Morgan fingerprint density at radius 3 is 2.44 bits per heavy atom. The second-order valence-electron chi connectivity index (χ2n) is 7.37. The van der Waals surface area contributed by atoms with Crippen LogP contribution in [0.2, 0.25) is 5.02 Å². The molecule has 4 rings (SSSR count). The second kappa shape index (κ2) is 7.49. The number of aryl methyl sites for hydroxylation is 1. The van der Waals surface area contributed by atoms with Gasteiger partial charge in [0, 0.05) is 24.2 Å². The van der Waals surface area contributed by atoms with E-state index in [1.165, 1.54) is 47.9 Å². The standard InChI is InChI=1S/C22H26ClNO/c1-16-14-18(17-6-9-19(23)10-7-17)8-11-21(16)22-15-24(12-13-25-22)20-4-2-3-5-20/h6-11,14,20,22H,2-5,12-13,15H2,1H3. The smallest absolute Gasteiger partial charge is 0.0955 e. The number of rotatable bonds is 3. The molecule has 0 N–H and O–H groups in total. The Bertz CT molecular complexity index is 721. The number of halogens is 1. The molecule has 2 aromatic carbocycles. The van der Waals surface area contributed by atoms with E-state index in [0.29, 0.717) is 0 Å². The van der Waals surface area contributed by atoms with Gasteiger partial charge in [0.25, 0.3) is 0 Å². The van der Waals surface area contributed by atoms with E-state index in [2.05, 4.69) is 42.2 Å². The third kappa shape index (κ3) is 3.76. The van der Waals surface area contributed by atoms with Crippen molar-refractivity contribution in [1.82, 2.24) is 4.90 Å². The molecule has 2 aliphatic rings. The Morgan fingerprint density at radius 2 is 1.72 bits per heavy atom. The number of hydrogen-bond donors (Lipinski definition) is 0. The summed E-state index contributed by atoms with van der Waals surface area (Å²) in [7, 11) is 0. The highest BCUT2D eigenvalue weighted by atomic mass is 35.5. The molecule has 0 aromatic heterocycles. The van der Waals surface area contributed by atoms with Crippen LogP contribution >= 0.6 is 11.6 Å². The third-order valence-electron chi connectivity index (χ3n) is 5.73. The summed E-state index contributed by atoms with van der Waals surface area (Å²) in [5.41, 5.74) is 5.09. The molecule has 1 atom stereocenters. The third-order valence-corrected chi connectivity index (χ3v) is 5.99. The summed E-state index contributed by atoms with van der Waals surface area (Å²) in [5.74, 6) is 0. The van der Waals surface area contributed by atoms with Gasteiger partial charge >= 0.3 is 0 Å². The van der Waals surface area contributed by atoms with E-state index in [1.807, 2.05) is 12.1 Å². The highest BCUT2D eigenvalue weighted by Gasteiger charge is 2.29. The van der Waals surface area contributed by atoms with Gasteiger partial charge in [-0.25, -0.2) is 0 Å². The Morgan fingerprint density at radius 1 is 1.00 bits per heavy atom. The zero-order valence-electron chi connectivity index (χ0n) is 14.9. The zero-order chi connectivity index (χ0) is 17.2. The van der Waals surface area contributed by atoms with Gasteiger partial charge < -0.3 is 4.74 Å². The van der Waals surface area contributed by atoms with Gasteiger partial charge in [-0.3, -0.25) is 4.90 Å². The lowest BCUT2D eigenvalue weighted by atomic mass is 9.96. The van der Waals surface area contributed by atoms with Crippen molar-refractivity contribution in [2.75, 3.05) is 19.7 Å². The molecule has 1 heterocycles. The van der Waals surface area contributed by atoms with Crippen molar-refractivity contribution in [2.24, 2.45) is 0 Å². The Balaban J connectivity index is 1.53. The minimum atomic E-state index is 0.202. The predicted molar refractivity (Wildman–Crippen MR) is 104 cm³/mol. The van der Waals surface area contributed by atoms with Crippen molar-refractivity contribution in [3.05, 3.63) is 58.6 Å². The maximum atomic E-state index is 6.14. The fourth-order valence-electron chi connectivity index (χ4n) is 4.32. The van der Waals surface area contributed by atoms with E-state index in [-0.39, 0.29) is 6.10 Å². The van der Waals surface area contributed by atoms with Crippen LogP contribution in [0.25, 0.3) is 11.1 Å². The van der Waals surface area contributed by atoms with Crippen molar-refractivity contribution in [3.8, 4) is 11.1 Å². The van der Waals surface area contributed by atoms with Crippen LogP contribution < -0.4 is 0 Å². The van der Waals surface area contributed by atoms with Crippen LogP contribution in [0.4, 0.5) is 0 Å². The predicted octanol–water partition coefficient (Wildman–Crippen LogP) is 5.63. The first-order chi connectivity index (χ1) is 12.2. The summed E-state index contributed by atoms with van der Waals surface area (Å²) >= 11 is 6.00. The van der Waals surface area contributed by atoms with Gasteiger partial charge in [-0.2, -0.15) is 0 Å². The average Bonchev–Trinajstić information content (AvgIpc) is 3.17. The van der Waals surface area contributed by atoms with E-state index in [0.717, 1.165) is 30.8 Å². The molecule has 1 unspecified atom stereocenters. The topological polar surface area (TPSA) is 12.5 Å². The molecule has 1 saturated carbocycles. The van der Waals surface area contributed by atoms with Gasteiger partial charge in [-0.1, -0.05) is 54.8 Å². The normalized spacial score (nSPS) is 22.4. The van der Waals surface area contributed by atoms with Crippen molar-refractivity contribution in [2.45, 2.75) is 44.8 Å². The molecule has 0 amide bonds. The Labute approximate surface area is 155 Å². The van der Waals surface area contributed by atoms with E-state index >= 15 is 0 Å². The van der Waals surface area contributed by atoms with E-state index in [4.69, 9.17) is 16.3 Å². The first kappa shape index (κ1) is 17.1. The van der Waals surface area contributed by atoms with E-state index < -0.39 is 0 Å². The zero-order valence-corrected chi connectivity index (χ0v) is 15.6. The molecular weight excluding hydrogens is 330 g/mol. The number of hydrogen-bond acceptors (Lipinski definition) is 2. The molecule has 132 valence electrons. The fourth-order valence-corrected chi connectivity index (χ4v) is 4.44. The molecule has 2 fully saturated rings. The fraction of sp³-hybridized carbons (Fsp3) is 0.455. The molecule has 0 radical (unpaired) electrons. The van der Waals surface area contributed by atoms with Crippen LogP contribution in [0.5, 0.6) is 0 Å². The number of nitrogens with zero attached hydrogens (tertiary/aromatic N) is 1. The number of ether oxygens (including phenoxy) is 1. The highest BCUT2D eigenvalue weighted by Crippen LogP contribution is 2.32. The van der Waals surface area contributed by atoms with Crippen molar-refractivity contribution >= 4 is 11.6 Å². The molecule has 0 spiro atoms. The second-order valence-corrected chi connectivity index (χ2v) is 7.81. The summed E-state index contributed by atoms with van der Waals surface area (Å²) in [5, 5.41) is 0.778. The summed E-state index contributed by atoms with van der Waals surface area (Å²) in [6.45, 7) is 5.17. The molecule has 1 saturated heterocycles. The van der Waals surface area contributed by atoms with Crippen LogP contribution in [0.1, 0.15) is 42.9 Å². The van der Waals surface area contributed by atoms with E-state index in [1.54, 1.807) is 0 Å². The van der Waals surface area contributed by atoms with Gasteiger partial charge in [0.1, 0.15) is 0 Å². The lowest BCUT2D eigenvalue weighted by Gasteiger charge is -2.37. The first-order valence-corrected chi connectivity index (χ1v) is 9.80. The van der Waals surface area contributed by atoms with Crippen LogP contribution in [0.15, 0.2) is 42.5 Å². The van der Waals surface area contributed by atoms with Gasteiger partial charge in [0.2, 0.25) is 0 Å². The summed E-state index contributed by atoms with van der Waals surface area (Å²) in [6.07, 6.45) is 5.71. The van der Waals surface area contributed by atoms with Gasteiger partial charge in [-0.15, -0.1) is 0 Å². The SMILES string of the molecule is Cc1cc(-c2ccc(Cl)cc2)ccc1C1CN(C2CCCC2)CCO1. The summed E-state index contributed by atoms with van der Waals surface area (Å²) < 4.78 is 6.14. The lowest BCUT2D eigenvalue weighted by molar-refractivity contribution is -0.0443. The molecule has 25 heavy (non-hydrogen) atoms. The highest BCUT2D eigenvalue weighted by molar-refractivity contribution is 6.30. The number of morpholine rings is 1. The maximum Gasteiger partial charge on any atom is 0.0955 e. The average molecular weight is 356 g/mol. The van der Waals surface area contributed by atoms with E-state index in [9.17, 15) is 0 Å². The summed E-state index contributed by atoms with van der Waals surface area (Å²) in [6, 6.07) is 15.6. The van der Waals surface area contributed by atoms with Crippen LogP contribution in [-0.4, -0.2) is 30.6 Å². The van der Waals surface area contributed by atoms with Crippen molar-refractivity contribution in [1.29, 1.82) is 0 Å². The maximum absolute atomic E-state index is 6.14. The molecule has 2 aromatic rings. The minimum Gasteiger partial charge on any atom is -0.371 e. The lowest BCUT2D eigenvalue weighted by Crippen LogP contribution is -2.43. The van der Waals surface area contributed by atoms with Gasteiger partial charge in [0.05, 0.1) is 12.7 Å². The van der Waals surface area contributed by atoms with Crippen molar-refractivity contribution < 1.29 is 4.74 Å². The van der Waals surface area contributed by atoms with Crippen molar-refractivity contribution in [3.63, 3.8) is 0 Å². The van der Waals surface area contributed by atoms with Crippen LogP contribution in [0.3, 0.4) is 0 Å². The molecule has 1 aliphatic heterocycles. The monoisotopic (exact) mass is 355 g/mol. The van der Waals surface area contributed by atoms with Gasteiger partial charge in [0.15, 0.2) is 0 Å². The largest absolute Gasteiger partial charge is 0.371 e. The Hall–Kier alpha value is -1.35. The molecular formula is C22H26ClNO. The van der Waals surface area contributed by atoms with Crippen LogP contribution in [-0.2, 0) is 4.74 Å². The summed E-state index contributed by atoms with van der Waals surface area (Å²) in [4.78, 5) is 2.66. The molecule has 3 heteroatoms. The molecule has 0 bridgehead atoms. The molecule has 1 aliphatic carbocycles. The quantitative estimate of drug-likeness (QED) is 0.707. The Kier molecular flexibility index (Phi) is 5.12.